The van der Waals surface area contributed by atoms with E-state index >= 15 is 0 Å². The minimum Gasteiger partial charge on any atom is -0.444 e. The Kier molecular flexibility index (Phi) is 8.51. The quantitative estimate of drug-likeness (QED) is 0.597. The molecule has 0 saturated heterocycles. The molecule has 0 aliphatic rings. The van der Waals surface area contributed by atoms with E-state index in [1.165, 1.54) is 36.4 Å². The lowest BCUT2D eigenvalue weighted by molar-refractivity contribution is -0.123. The molecule has 6 nitrogen and oxygen atoms in total. The Morgan fingerprint density at radius 2 is 1.53 bits per heavy atom. The van der Waals surface area contributed by atoms with Crippen LogP contribution in [0.25, 0.3) is 0 Å². The molecule has 2 amide bonds. The topological polar surface area (TPSA) is 76.7 Å². The third-order valence-corrected chi connectivity index (χ3v) is 4.40. The molecule has 0 bridgehead atoms. The predicted molar refractivity (Wildman–Crippen MR) is 113 cm³/mol. The SMILES string of the molecule is CC(NC(=O)C(CNC(=O)OC(C)(C)C)c1ccc(F)cc1)c1ccc(OC(F)F)cc1. The molecule has 0 spiro atoms. The minimum atomic E-state index is -2.92. The first kappa shape index (κ1) is 25.0. The number of hydrogen-bond acceptors (Lipinski definition) is 4. The summed E-state index contributed by atoms with van der Waals surface area (Å²) in [4.78, 5) is 25.0. The number of alkyl halides is 2. The number of carbonyl (C=O) groups excluding carboxylic acids is 2. The average molecular weight is 452 g/mol. The number of ether oxygens (including phenoxy) is 2. The fraction of sp³-hybridized carbons (Fsp3) is 0.391. The van der Waals surface area contributed by atoms with Gasteiger partial charge in [-0.1, -0.05) is 24.3 Å². The number of alkyl carbamates (subject to hydrolysis) is 1. The van der Waals surface area contributed by atoms with Gasteiger partial charge in [0.05, 0.1) is 12.0 Å². The standard InChI is InChI=1S/C23H27F3N2O4/c1-14(15-7-11-18(12-8-15)31-21(25)26)28-20(29)19(16-5-9-17(24)10-6-16)13-27-22(30)32-23(2,3)4/h5-12,14,19,21H,13H2,1-4H3,(H,27,30)(H,28,29). The molecule has 2 rings (SSSR count). The van der Waals surface area contributed by atoms with E-state index < -0.39 is 42.0 Å². The van der Waals surface area contributed by atoms with Crippen LogP contribution in [-0.2, 0) is 9.53 Å². The Labute approximate surface area is 185 Å². The van der Waals surface area contributed by atoms with Crippen molar-refractivity contribution in [2.75, 3.05) is 6.54 Å². The largest absolute Gasteiger partial charge is 0.444 e. The second kappa shape index (κ2) is 10.9. The first-order valence-electron chi connectivity index (χ1n) is 10.0. The molecule has 2 unspecified atom stereocenters. The van der Waals surface area contributed by atoms with Crippen molar-refractivity contribution >= 4 is 12.0 Å². The second-order valence-corrected chi connectivity index (χ2v) is 8.16. The Balaban J connectivity index is 2.11. The van der Waals surface area contributed by atoms with E-state index in [4.69, 9.17) is 4.74 Å². The third kappa shape index (κ3) is 8.13. The van der Waals surface area contributed by atoms with Gasteiger partial charge in [0.15, 0.2) is 0 Å². The normalized spacial score (nSPS) is 13.2. The molecule has 0 aliphatic carbocycles. The number of rotatable bonds is 8. The van der Waals surface area contributed by atoms with Crippen molar-refractivity contribution in [3.05, 3.63) is 65.5 Å². The second-order valence-electron chi connectivity index (χ2n) is 8.16. The molecular formula is C23H27F3N2O4. The third-order valence-electron chi connectivity index (χ3n) is 4.40. The number of halogens is 3. The van der Waals surface area contributed by atoms with Gasteiger partial charge in [-0.05, 0) is 63.1 Å². The smallest absolute Gasteiger partial charge is 0.407 e. The van der Waals surface area contributed by atoms with Gasteiger partial charge in [-0.15, -0.1) is 0 Å². The van der Waals surface area contributed by atoms with Gasteiger partial charge in [0.1, 0.15) is 17.2 Å². The minimum absolute atomic E-state index is 0.00743. The van der Waals surface area contributed by atoms with Crippen LogP contribution in [0.2, 0.25) is 0 Å². The molecule has 9 heteroatoms. The summed E-state index contributed by atoms with van der Waals surface area (Å²) < 4.78 is 47.5. The zero-order valence-electron chi connectivity index (χ0n) is 18.3. The fourth-order valence-corrected chi connectivity index (χ4v) is 2.89. The van der Waals surface area contributed by atoms with Crippen LogP contribution in [0.4, 0.5) is 18.0 Å². The van der Waals surface area contributed by atoms with E-state index in [2.05, 4.69) is 15.4 Å². The van der Waals surface area contributed by atoms with Crippen molar-refractivity contribution in [3.8, 4) is 5.75 Å². The number of amides is 2. The van der Waals surface area contributed by atoms with Crippen molar-refractivity contribution in [3.63, 3.8) is 0 Å². The van der Waals surface area contributed by atoms with Gasteiger partial charge >= 0.3 is 12.7 Å². The van der Waals surface area contributed by atoms with Gasteiger partial charge in [-0.25, -0.2) is 9.18 Å². The summed E-state index contributed by atoms with van der Waals surface area (Å²) >= 11 is 0. The van der Waals surface area contributed by atoms with Gasteiger partial charge in [0.2, 0.25) is 5.91 Å². The molecule has 0 fully saturated rings. The zero-order chi connectivity index (χ0) is 23.9. The number of carbonyl (C=O) groups is 2. The lowest BCUT2D eigenvalue weighted by Crippen LogP contribution is -2.40. The molecule has 0 aliphatic heterocycles. The summed E-state index contributed by atoms with van der Waals surface area (Å²) in [6, 6.07) is 10.8. The van der Waals surface area contributed by atoms with Crippen LogP contribution in [0, 0.1) is 5.82 Å². The van der Waals surface area contributed by atoms with Crippen molar-refractivity contribution in [2.45, 2.75) is 51.9 Å². The lowest BCUT2D eigenvalue weighted by atomic mass is 9.97. The Morgan fingerprint density at radius 1 is 0.969 bits per heavy atom. The molecule has 174 valence electrons. The van der Waals surface area contributed by atoms with Gasteiger partial charge in [-0.3, -0.25) is 4.79 Å². The van der Waals surface area contributed by atoms with Gasteiger partial charge in [0, 0.05) is 6.54 Å². The van der Waals surface area contributed by atoms with E-state index in [-0.39, 0.29) is 12.3 Å². The van der Waals surface area contributed by atoms with Crippen LogP contribution in [-0.4, -0.2) is 30.8 Å². The summed E-state index contributed by atoms with van der Waals surface area (Å²) in [5.74, 6) is -1.67. The lowest BCUT2D eigenvalue weighted by Gasteiger charge is -2.23. The average Bonchev–Trinajstić information content (AvgIpc) is 2.68. The van der Waals surface area contributed by atoms with Crippen LogP contribution in [0.1, 0.15) is 50.8 Å². The molecule has 0 radical (unpaired) electrons. The maximum Gasteiger partial charge on any atom is 0.407 e. The number of hydrogen-bond donors (Lipinski definition) is 2. The number of benzene rings is 2. The van der Waals surface area contributed by atoms with Crippen molar-refractivity contribution in [2.24, 2.45) is 0 Å². The van der Waals surface area contributed by atoms with Crippen LogP contribution in [0.3, 0.4) is 0 Å². The molecule has 0 aromatic heterocycles. The van der Waals surface area contributed by atoms with E-state index in [9.17, 15) is 22.8 Å². The summed E-state index contributed by atoms with van der Waals surface area (Å²) in [5.41, 5.74) is 0.470. The summed E-state index contributed by atoms with van der Waals surface area (Å²) in [5, 5.41) is 5.40. The first-order chi connectivity index (χ1) is 14.9. The molecule has 2 aromatic rings. The van der Waals surface area contributed by atoms with E-state index in [1.807, 2.05) is 0 Å². The molecule has 32 heavy (non-hydrogen) atoms. The zero-order valence-corrected chi connectivity index (χ0v) is 18.3. The molecule has 2 atom stereocenters. The van der Waals surface area contributed by atoms with E-state index in [0.29, 0.717) is 11.1 Å². The Morgan fingerprint density at radius 3 is 2.06 bits per heavy atom. The molecule has 2 N–H and O–H groups in total. The maximum absolute atomic E-state index is 13.3. The van der Waals surface area contributed by atoms with Gasteiger partial charge < -0.3 is 20.1 Å². The highest BCUT2D eigenvalue weighted by Gasteiger charge is 2.25. The molecule has 0 saturated carbocycles. The van der Waals surface area contributed by atoms with E-state index in [1.54, 1.807) is 39.8 Å². The van der Waals surface area contributed by atoms with Gasteiger partial charge in [0.25, 0.3) is 0 Å². The highest BCUT2D eigenvalue weighted by atomic mass is 19.3. The van der Waals surface area contributed by atoms with Crippen molar-refractivity contribution in [1.82, 2.24) is 10.6 Å². The summed E-state index contributed by atoms with van der Waals surface area (Å²) in [6.45, 7) is 3.89. The Hall–Kier alpha value is -3.23. The van der Waals surface area contributed by atoms with Crippen molar-refractivity contribution in [1.29, 1.82) is 0 Å². The maximum atomic E-state index is 13.3. The summed E-state index contributed by atoms with van der Waals surface area (Å²) in [6.07, 6.45) is -0.680. The van der Waals surface area contributed by atoms with Crippen LogP contribution in [0.5, 0.6) is 5.75 Å². The highest BCUT2D eigenvalue weighted by molar-refractivity contribution is 5.85. The molecular weight excluding hydrogens is 425 g/mol. The molecule has 0 heterocycles. The number of nitrogens with one attached hydrogen (secondary N) is 2. The van der Waals surface area contributed by atoms with Gasteiger partial charge in [-0.2, -0.15) is 8.78 Å². The monoisotopic (exact) mass is 452 g/mol. The molecule has 2 aromatic carbocycles. The predicted octanol–water partition coefficient (Wildman–Crippen LogP) is 4.91. The Bertz CT molecular complexity index is 897. The summed E-state index contributed by atoms with van der Waals surface area (Å²) in [7, 11) is 0. The van der Waals surface area contributed by atoms with Crippen LogP contribution in [0.15, 0.2) is 48.5 Å². The first-order valence-corrected chi connectivity index (χ1v) is 10.0. The fourth-order valence-electron chi connectivity index (χ4n) is 2.89. The van der Waals surface area contributed by atoms with Crippen LogP contribution >= 0.6 is 0 Å². The van der Waals surface area contributed by atoms with E-state index in [0.717, 1.165) is 0 Å². The van der Waals surface area contributed by atoms with Crippen molar-refractivity contribution < 1.29 is 32.2 Å². The highest BCUT2D eigenvalue weighted by Crippen LogP contribution is 2.22. The van der Waals surface area contributed by atoms with Crippen LogP contribution < -0.4 is 15.4 Å².